The highest BCUT2D eigenvalue weighted by Gasteiger charge is 2.26. The maximum atomic E-state index is 12.7. The Morgan fingerprint density at radius 3 is 3.00 bits per heavy atom. The Hall–Kier alpha value is -2.30. The number of aromatic nitrogens is 2. The molecule has 122 valence electrons. The van der Waals surface area contributed by atoms with Gasteiger partial charge in [-0.15, -0.1) is 0 Å². The van der Waals surface area contributed by atoms with E-state index in [2.05, 4.69) is 16.3 Å². The van der Waals surface area contributed by atoms with Crippen LogP contribution in [0.1, 0.15) is 35.7 Å². The Morgan fingerprint density at radius 2 is 2.26 bits per heavy atom. The maximum absolute atomic E-state index is 12.7. The molecule has 3 rings (SSSR count). The average Bonchev–Trinajstić information content (AvgIpc) is 3.02. The molecule has 1 amide bonds. The zero-order chi connectivity index (χ0) is 16.2. The van der Waals surface area contributed by atoms with Crippen LogP contribution in [0.15, 0.2) is 30.3 Å². The van der Waals surface area contributed by atoms with E-state index in [0.717, 1.165) is 48.6 Å². The zero-order valence-corrected chi connectivity index (χ0v) is 13.7. The molecule has 1 saturated heterocycles. The first kappa shape index (κ1) is 15.6. The van der Waals surface area contributed by atoms with Crippen molar-refractivity contribution in [2.45, 2.75) is 32.1 Å². The number of aromatic amines is 1. The van der Waals surface area contributed by atoms with E-state index < -0.39 is 0 Å². The Morgan fingerprint density at radius 1 is 1.43 bits per heavy atom. The Balaban J connectivity index is 1.67. The number of nitrogens with one attached hydrogen (secondary N) is 1. The highest BCUT2D eigenvalue weighted by atomic mass is 16.5. The molecule has 1 aliphatic rings. The number of para-hydroxylation sites is 1. The van der Waals surface area contributed by atoms with Crippen molar-refractivity contribution in [2.24, 2.45) is 0 Å². The number of nitrogens with zero attached hydrogens (tertiary/aromatic N) is 2. The molecule has 1 atom stereocenters. The van der Waals surface area contributed by atoms with Crippen molar-refractivity contribution < 1.29 is 9.53 Å². The smallest absolute Gasteiger partial charge is 0.227 e. The van der Waals surface area contributed by atoms with Crippen LogP contribution in [0.5, 0.6) is 5.75 Å². The van der Waals surface area contributed by atoms with E-state index >= 15 is 0 Å². The monoisotopic (exact) mass is 313 g/mol. The molecule has 0 spiro atoms. The van der Waals surface area contributed by atoms with E-state index in [1.807, 2.05) is 36.1 Å². The second-order valence-electron chi connectivity index (χ2n) is 6.14. The summed E-state index contributed by atoms with van der Waals surface area (Å²) >= 11 is 0. The minimum absolute atomic E-state index is 0.159. The van der Waals surface area contributed by atoms with Crippen LogP contribution in [0.3, 0.4) is 0 Å². The number of ether oxygens (including phenoxy) is 1. The van der Waals surface area contributed by atoms with Crippen LogP contribution in [0, 0.1) is 6.92 Å². The van der Waals surface area contributed by atoms with Crippen molar-refractivity contribution in [3.63, 3.8) is 0 Å². The Labute approximate surface area is 136 Å². The maximum Gasteiger partial charge on any atom is 0.227 e. The van der Waals surface area contributed by atoms with Crippen molar-refractivity contribution in [3.05, 3.63) is 47.3 Å². The van der Waals surface area contributed by atoms with Gasteiger partial charge in [-0.1, -0.05) is 18.2 Å². The Kier molecular flexibility index (Phi) is 4.65. The van der Waals surface area contributed by atoms with Crippen LogP contribution in [0.2, 0.25) is 0 Å². The highest BCUT2D eigenvalue weighted by Crippen LogP contribution is 2.27. The van der Waals surface area contributed by atoms with Crippen molar-refractivity contribution in [1.82, 2.24) is 15.1 Å². The fourth-order valence-electron chi connectivity index (χ4n) is 3.22. The van der Waals surface area contributed by atoms with Crippen molar-refractivity contribution >= 4 is 5.91 Å². The SMILES string of the molecule is COc1ccccc1CC(=O)N1CCCC(c2cc(C)[nH]n2)C1. The molecule has 1 aromatic carbocycles. The summed E-state index contributed by atoms with van der Waals surface area (Å²) in [7, 11) is 1.64. The van der Waals surface area contributed by atoms with Gasteiger partial charge in [0.25, 0.3) is 0 Å². The zero-order valence-electron chi connectivity index (χ0n) is 13.7. The predicted octanol–water partition coefficient (Wildman–Crippen LogP) is 2.68. The van der Waals surface area contributed by atoms with Gasteiger partial charge in [-0.2, -0.15) is 5.10 Å². The lowest BCUT2D eigenvalue weighted by Gasteiger charge is -2.32. The van der Waals surface area contributed by atoms with Crippen LogP contribution >= 0.6 is 0 Å². The number of amides is 1. The van der Waals surface area contributed by atoms with Gasteiger partial charge in [0.2, 0.25) is 5.91 Å². The standard InChI is InChI=1S/C18H23N3O2/c1-13-10-16(20-19-13)15-7-5-9-21(12-15)18(22)11-14-6-3-4-8-17(14)23-2/h3-4,6,8,10,15H,5,7,9,11-12H2,1-2H3,(H,19,20). The summed E-state index contributed by atoms with van der Waals surface area (Å²) in [5.74, 6) is 1.26. The summed E-state index contributed by atoms with van der Waals surface area (Å²) in [4.78, 5) is 14.6. The van der Waals surface area contributed by atoms with Gasteiger partial charge in [-0.05, 0) is 31.9 Å². The van der Waals surface area contributed by atoms with Gasteiger partial charge >= 0.3 is 0 Å². The van der Waals surface area contributed by atoms with Gasteiger partial charge in [0.1, 0.15) is 5.75 Å². The summed E-state index contributed by atoms with van der Waals surface area (Å²) in [5.41, 5.74) is 3.08. The molecule has 5 heteroatoms. The fraction of sp³-hybridized carbons (Fsp3) is 0.444. The lowest BCUT2D eigenvalue weighted by Crippen LogP contribution is -2.40. The quantitative estimate of drug-likeness (QED) is 0.944. The molecule has 1 aromatic heterocycles. The van der Waals surface area contributed by atoms with Gasteiger partial charge in [0.15, 0.2) is 0 Å². The number of H-pyrrole nitrogens is 1. The van der Waals surface area contributed by atoms with Crippen LogP contribution in [0.25, 0.3) is 0 Å². The fourth-order valence-corrected chi connectivity index (χ4v) is 3.22. The molecule has 0 bridgehead atoms. The van der Waals surface area contributed by atoms with E-state index in [1.165, 1.54) is 0 Å². The minimum atomic E-state index is 0.159. The highest BCUT2D eigenvalue weighted by molar-refractivity contribution is 5.79. The number of hydrogen-bond acceptors (Lipinski definition) is 3. The summed E-state index contributed by atoms with van der Waals surface area (Å²) in [5, 5.41) is 7.36. The molecule has 2 heterocycles. The second-order valence-corrected chi connectivity index (χ2v) is 6.14. The number of hydrogen-bond donors (Lipinski definition) is 1. The number of benzene rings is 1. The number of rotatable bonds is 4. The van der Waals surface area contributed by atoms with Gasteiger partial charge in [-0.3, -0.25) is 9.89 Å². The summed E-state index contributed by atoms with van der Waals surface area (Å²) in [6.07, 6.45) is 2.49. The molecular weight excluding hydrogens is 290 g/mol. The molecule has 1 fully saturated rings. The minimum Gasteiger partial charge on any atom is -0.496 e. The number of carbonyl (C=O) groups excluding carboxylic acids is 1. The molecule has 23 heavy (non-hydrogen) atoms. The molecule has 0 saturated carbocycles. The largest absolute Gasteiger partial charge is 0.496 e. The first-order chi connectivity index (χ1) is 11.2. The van der Waals surface area contributed by atoms with E-state index in [-0.39, 0.29) is 5.91 Å². The van der Waals surface area contributed by atoms with Crippen molar-refractivity contribution in [2.75, 3.05) is 20.2 Å². The van der Waals surface area contributed by atoms with Gasteiger partial charge in [0, 0.05) is 30.3 Å². The third-order valence-electron chi connectivity index (χ3n) is 4.45. The molecule has 5 nitrogen and oxygen atoms in total. The lowest BCUT2D eigenvalue weighted by molar-refractivity contribution is -0.131. The molecule has 1 N–H and O–H groups in total. The Bertz CT molecular complexity index is 680. The van der Waals surface area contributed by atoms with E-state index in [1.54, 1.807) is 7.11 Å². The van der Waals surface area contributed by atoms with Crippen LogP contribution in [0.4, 0.5) is 0 Å². The molecule has 0 aliphatic carbocycles. The topological polar surface area (TPSA) is 58.2 Å². The third kappa shape index (κ3) is 3.55. The predicted molar refractivity (Wildman–Crippen MR) is 88.6 cm³/mol. The first-order valence-electron chi connectivity index (χ1n) is 8.09. The van der Waals surface area contributed by atoms with Crippen LogP contribution in [-0.2, 0) is 11.2 Å². The van der Waals surface area contributed by atoms with Crippen LogP contribution in [-0.4, -0.2) is 41.2 Å². The van der Waals surface area contributed by atoms with Crippen molar-refractivity contribution in [3.8, 4) is 5.75 Å². The number of carbonyl (C=O) groups is 1. The molecule has 2 aromatic rings. The van der Waals surface area contributed by atoms with Crippen LogP contribution < -0.4 is 4.74 Å². The molecular formula is C18H23N3O2. The summed E-state index contributed by atoms with van der Waals surface area (Å²) < 4.78 is 5.34. The molecule has 1 aliphatic heterocycles. The van der Waals surface area contributed by atoms with Gasteiger partial charge < -0.3 is 9.64 Å². The van der Waals surface area contributed by atoms with Gasteiger partial charge in [0.05, 0.1) is 19.2 Å². The first-order valence-corrected chi connectivity index (χ1v) is 8.09. The third-order valence-corrected chi connectivity index (χ3v) is 4.45. The van der Waals surface area contributed by atoms with E-state index in [0.29, 0.717) is 12.3 Å². The second kappa shape index (κ2) is 6.86. The van der Waals surface area contributed by atoms with Crippen molar-refractivity contribution in [1.29, 1.82) is 0 Å². The van der Waals surface area contributed by atoms with Gasteiger partial charge in [-0.25, -0.2) is 0 Å². The summed E-state index contributed by atoms with van der Waals surface area (Å²) in [6, 6.07) is 9.79. The number of methoxy groups -OCH3 is 1. The molecule has 1 unspecified atom stereocenters. The number of aryl methyl sites for hydroxylation is 1. The van der Waals surface area contributed by atoms with E-state index in [4.69, 9.17) is 4.74 Å². The molecule has 0 radical (unpaired) electrons. The normalized spacial score (nSPS) is 18.0. The summed E-state index contributed by atoms with van der Waals surface area (Å²) in [6.45, 7) is 3.58. The lowest BCUT2D eigenvalue weighted by atomic mass is 9.94. The van der Waals surface area contributed by atoms with E-state index in [9.17, 15) is 4.79 Å². The average molecular weight is 313 g/mol. The number of likely N-dealkylation sites (tertiary alicyclic amines) is 1. The number of piperidine rings is 1.